The lowest BCUT2D eigenvalue weighted by Gasteiger charge is -2.42. The van der Waals surface area contributed by atoms with Gasteiger partial charge < -0.3 is 10.0 Å². The van der Waals surface area contributed by atoms with Crippen LogP contribution in [0.15, 0.2) is 79.1 Å². The predicted molar refractivity (Wildman–Crippen MR) is 132 cm³/mol. The summed E-state index contributed by atoms with van der Waals surface area (Å²) in [5.74, 6) is 0.155. The molecular formula is C28H30N4O3. The summed E-state index contributed by atoms with van der Waals surface area (Å²) in [4.78, 5) is 37.1. The fourth-order valence-electron chi connectivity index (χ4n) is 5.27. The third kappa shape index (κ3) is 4.77. The number of aromatic nitrogens is 1. The summed E-state index contributed by atoms with van der Waals surface area (Å²) in [6.07, 6.45) is 5.28. The zero-order valence-corrected chi connectivity index (χ0v) is 19.7. The minimum absolute atomic E-state index is 0.101. The lowest BCUT2D eigenvalue weighted by Crippen LogP contribution is -2.56. The van der Waals surface area contributed by atoms with Crippen LogP contribution < -0.4 is 0 Å². The second-order valence-corrected chi connectivity index (χ2v) is 9.40. The van der Waals surface area contributed by atoms with Gasteiger partial charge in [-0.2, -0.15) is 0 Å². The van der Waals surface area contributed by atoms with E-state index in [1.54, 1.807) is 24.5 Å². The molecule has 2 fully saturated rings. The van der Waals surface area contributed by atoms with Crippen molar-refractivity contribution in [2.75, 3.05) is 19.6 Å². The number of phenolic OH excluding ortho intramolecular Hbond substituents is 1. The minimum atomic E-state index is -0.816. The van der Waals surface area contributed by atoms with Crippen LogP contribution in [0.4, 0.5) is 4.79 Å². The molecule has 0 saturated carbocycles. The van der Waals surface area contributed by atoms with Crippen molar-refractivity contribution in [3.63, 3.8) is 0 Å². The Morgan fingerprint density at radius 1 is 0.857 bits per heavy atom. The van der Waals surface area contributed by atoms with Gasteiger partial charge in [0.15, 0.2) is 0 Å². The van der Waals surface area contributed by atoms with E-state index in [0.717, 1.165) is 16.7 Å². The number of carbonyl (C=O) groups excluding carboxylic acids is 2. The lowest BCUT2D eigenvalue weighted by molar-refractivity contribution is -0.136. The van der Waals surface area contributed by atoms with Crippen LogP contribution in [0.1, 0.15) is 29.5 Å². The number of likely N-dealkylation sites (tertiary alicyclic amines) is 1. The van der Waals surface area contributed by atoms with E-state index in [1.165, 1.54) is 4.90 Å². The molecule has 0 bridgehead atoms. The van der Waals surface area contributed by atoms with Crippen LogP contribution in [0.3, 0.4) is 0 Å². The molecular weight excluding hydrogens is 440 g/mol. The summed E-state index contributed by atoms with van der Waals surface area (Å²) in [6.45, 7) is 2.86. The van der Waals surface area contributed by atoms with Crippen molar-refractivity contribution >= 4 is 11.9 Å². The van der Waals surface area contributed by atoms with Crippen molar-refractivity contribution in [2.45, 2.75) is 37.9 Å². The molecule has 3 amide bonds. The van der Waals surface area contributed by atoms with Crippen molar-refractivity contribution in [1.82, 2.24) is 19.7 Å². The Kier molecular flexibility index (Phi) is 6.51. The molecule has 5 rings (SSSR count). The second-order valence-electron chi connectivity index (χ2n) is 9.40. The number of rotatable bonds is 7. The highest BCUT2D eigenvalue weighted by molar-refractivity contribution is 6.07. The second kappa shape index (κ2) is 9.88. The topological polar surface area (TPSA) is 77.0 Å². The van der Waals surface area contributed by atoms with Gasteiger partial charge >= 0.3 is 6.03 Å². The summed E-state index contributed by atoms with van der Waals surface area (Å²) in [6, 6.07) is 20.9. The van der Waals surface area contributed by atoms with Gasteiger partial charge in [-0.3, -0.25) is 19.6 Å². The number of pyridine rings is 1. The third-order valence-corrected chi connectivity index (χ3v) is 7.15. The molecule has 7 heteroatoms. The molecule has 0 atom stereocenters. The summed E-state index contributed by atoms with van der Waals surface area (Å²) in [5, 5.41) is 9.79. The molecule has 3 aromatic rings. The summed E-state index contributed by atoms with van der Waals surface area (Å²) in [7, 11) is 0. The van der Waals surface area contributed by atoms with E-state index in [1.807, 2.05) is 47.4 Å². The van der Waals surface area contributed by atoms with E-state index >= 15 is 0 Å². The van der Waals surface area contributed by atoms with Crippen LogP contribution >= 0.6 is 0 Å². The maximum atomic E-state index is 13.8. The van der Waals surface area contributed by atoms with Crippen LogP contribution in [0.2, 0.25) is 0 Å². The van der Waals surface area contributed by atoms with E-state index in [4.69, 9.17) is 0 Å². The van der Waals surface area contributed by atoms with Gasteiger partial charge in [0.2, 0.25) is 0 Å². The average Bonchev–Trinajstić information content (AvgIpc) is 3.06. The van der Waals surface area contributed by atoms with Gasteiger partial charge in [0.05, 0.1) is 6.54 Å². The first-order valence-corrected chi connectivity index (χ1v) is 12.1. The zero-order chi connectivity index (χ0) is 24.3. The molecule has 35 heavy (non-hydrogen) atoms. The quantitative estimate of drug-likeness (QED) is 0.531. The average molecular weight is 471 g/mol. The van der Waals surface area contributed by atoms with E-state index in [2.05, 4.69) is 22.0 Å². The monoisotopic (exact) mass is 470 g/mol. The molecule has 2 aromatic carbocycles. The molecule has 7 nitrogen and oxygen atoms in total. The number of nitrogens with zero attached hydrogens (tertiary/aromatic N) is 4. The van der Waals surface area contributed by atoms with Crippen LogP contribution in [0.5, 0.6) is 5.75 Å². The number of carbonyl (C=O) groups is 2. The molecule has 0 radical (unpaired) electrons. The van der Waals surface area contributed by atoms with Crippen LogP contribution in [0.25, 0.3) is 0 Å². The fraction of sp³-hybridized carbons (Fsp3) is 0.321. The predicted octanol–water partition coefficient (Wildman–Crippen LogP) is 3.83. The highest BCUT2D eigenvalue weighted by atomic mass is 16.3. The number of hydrogen-bond donors (Lipinski definition) is 1. The Hall–Kier alpha value is -3.71. The van der Waals surface area contributed by atoms with Gasteiger partial charge in [-0.1, -0.05) is 48.5 Å². The standard InChI is InChI=1S/C28H30N4O3/c33-25-10-4-8-23(18-25)20-30-16-12-28(13-17-30)26(34)31(21-24-9-5-14-29-19-24)27(35)32(28)15-11-22-6-2-1-3-7-22/h1-10,14,18-19,33H,11-13,15-17,20-21H2. The molecule has 3 heterocycles. The number of aromatic hydroxyl groups is 1. The van der Waals surface area contributed by atoms with Gasteiger partial charge in [-0.15, -0.1) is 0 Å². The molecule has 1 N–H and O–H groups in total. The van der Waals surface area contributed by atoms with Gasteiger partial charge in [0, 0.05) is 38.6 Å². The number of phenols is 1. The number of hydrogen-bond acceptors (Lipinski definition) is 5. The van der Waals surface area contributed by atoms with Crippen molar-refractivity contribution in [3.8, 4) is 5.75 Å². The van der Waals surface area contributed by atoms with E-state index < -0.39 is 5.54 Å². The zero-order valence-electron chi connectivity index (χ0n) is 19.7. The molecule has 2 aliphatic rings. The molecule has 0 aliphatic carbocycles. The van der Waals surface area contributed by atoms with Gasteiger partial charge in [-0.05, 0) is 54.2 Å². The van der Waals surface area contributed by atoms with Crippen molar-refractivity contribution in [3.05, 3.63) is 95.8 Å². The van der Waals surface area contributed by atoms with Gasteiger partial charge in [0.25, 0.3) is 5.91 Å². The van der Waals surface area contributed by atoms with Crippen molar-refractivity contribution in [2.24, 2.45) is 0 Å². The van der Waals surface area contributed by atoms with Crippen LogP contribution in [0, 0.1) is 0 Å². The Balaban J connectivity index is 1.35. The first kappa shape index (κ1) is 23.1. The largest absolute Gasteiger partial charge is 0.508 e. The molecule has 2 aliphatic heterocycles. The Bertz CT molecular complexity index is 1180. The Morgan fingerprint density at radius 3 is 2.31 bits per heavy atom. The maximum absolute atomic E-state index is 13.8. The first-order chi connectivity index (χ1) is 17.0. The third-order valence-electron chi connectivity index (χ3n) is 7.15. The SMILES string of the molecule is O=C1N(Cc2cccnc2)C(=O)C2(CCN(Cc3cccc(O)c3)CC2)N1CCc1ccccc1. The molecule has 1 aromatic heterocycles. The number of amides is 3. The number of imide groups is 1. The molecule has 2 saturated heterocycles. The number of piperidine rings is 1. The van der Waals surface area contributed by atoms with Crippen molar-refractivity contribution < 1.29 is 14.7 Å². The summed E-state index contributed by atoms with van der Waals surface area (Å²) >= 11 is 0. The first-order valence-electron chi connectivity index (χ1n) is 12.1. The number of urea groups is 1. The van der Waals surface area contributed by atoms with E-state index in [0.29, 0.717) is 45.4 Å². The maximum Gasteiger partial charge on any atom is 0.328 e. The lowest BCUT2D eigenvalue weighted by atomic mass is 9.85. The van der Waals surface area contributed by atoms with E-state index in [9.17, 15) is 14.7 Å². The molecule has 180 valence electrons. The smallest absolute Gasteiger partial charge is 0.328 e. The van der Waals surface area contributed by atoms with Gasteiger partial charge in [0.1, 0.15) is 11.3 Å². The Morgan fingerprint density at radius 2 is 1.60 bits per heavy atom. The highest BCUT2D eigenvalue weighted by Crippen LogP contribution is 2.38. The fourth-order valence-corrected chi connectivity index (χ4v) is 5.27. The summed E-state index contributed by atoms with van der Waals surface area (Å²) < 4.78 is 0. The molecule has 0 unspecified atom stereocenters. The van der Waals surface area contributed by atoms with Crippen LogP contribution in [-0.4, -0.2) is 61.9 Å². The number of benzene rings is 2. The van der Waals surface area contributed by atoms with Crippen LogP contribution in [-0.2, 0) is 24.3 Å². The van der Waals surface area contributed by atoms with Crippen molar-refractivity contribution in [1.29, 1.82) is 0 Å². The van der Waals surface area contributed by atoms with Gasteiger partial charge in [-0.25, -0.2) is 4.79 Å². The van der Waals surface area contributed by atoms with E-state index in [-0.39, 0.29) is 24.2 Å². The normalized spacial score (nSPS) is 17.9. The molecule has 1 spiro atoms. The minimum Gasteiger partial charge on any atom is -0.508 e. The highest BCUT2D eigenvalue weighted by Gasteiger charge is 2.57. The Labute approximate surface area is 205 Å². The summed E-state index contributed by atoms with van der Waals surface area (Å²) in [5.41, 5.74) is 2.21.